The van der Waals surface area contributed by atoms with Crippen molar-refractivity contribution in [2.45, 2.75) is 32.2 Å². The first kappa shape index (κ1) is 11.6. The summed E-state index contributed by atoms with van der Waals surface area (Å²) < 4.78 is 0. The molecule has 0 aliphatic carbocycles. The van der Waals surface area contributed by atoms with Crippen LogP contribution in [0.25, 0.3) is 0 Å². The molecule has 1 aliphatic heterocycles. The van der Waals surface area contributed by atoms with Crippen LogP contribution >= 0.6 is 0 Å². The van der Waals surface area contributed by atoms with E-state index < -0.39 is 6.03 Å². The maximum atomic E-state index is 11.1. The van der Waals surface area contributed by atoms with Crippen LogP contribution in [-0.4, -0.2) is 35.7 Å². The van der Waals surface area contributed by atoms with Gasteiger partial charge in [0.05, 0.1) is 0 Å². The minimum absolute atomic E-state index is 0.0180. The highest BCUT2D eigenvalue weighted by atomic mass is 16.2. The number of nitrogens with two attached hydrogens (primary N) is 1. The highest BCUT2D eigenvalue weighted by Gasteiger charge is 2.25. The summed E-state index contributed by atoms with van der Waals surface area (Å²) in [6.07, 6.45) is 4.44. The van der Waals surface area contributed by atoms with Gasteiger partial charge in [-0.3, -0.25) is 10.1 Å². The van der Waals surface area contributed by atoms with Crippen LogP contribution in [0.3, 0.4) is 0 Å². The standard InChI is InChI=1S/C9H16N4O2/c1-2-3-4-7(10)5-11-13-6-8(14)12-9(13)15/h5,7H,2-4,6,10H2,1H3,(H,12,14,15)/b11-5+/t7-/m0/s1. The second-order valence-electron chi connectivity index (χ2n) is 3.48. The third kappa shape index (κ3) is 3.67. The van der Waals surface area contributed by atoms with E-state index in [1.54, 1.807) is 0 Å². The van der Waals surface area contributed by atoms with Gasteiger partial charge in [0.1, 0.15) is 6.54 Å². The van der Waals surface area contributed by atoms with E-state index in [0.717, 1.165) is 24.3 Å². The summed E-state index contributed by atoms with van der Waals surface area (Å²) in [4.78, 5) is 21.9. The first-order valence-electron chi connectivity index (χ1n) is 5.04. The van der Waals surface area contributed by atoms with Crippen LogP contribution in [0.2, 0.25) is 0 Å². The van der Waals surface area contributed by atoms with Crippen molar-refractivity contribution in [3.05, 3.63) is 0 Å². The Morgan fingerprint density at radius 1 is 1.67 bits per heavy atom. The van der Waals surface area contributed by atoms with Crippen LogP contribution in [-0.2, 0) is 4.79 Å². The van der Waals surface area contributed by atoms with Crippen molar-refractivity contribution in [2.24, 2.45) is 10.8 Å². The predicted molar refractivity (Wildman–Crippen MR) is 56.2 cm³/mol. The average molecular weight is 212 g/mol. The van der Waals surface area contributed by atoms with Crippen LogP contribution in [0, 0.1) is 0 Å². The Labute approximate surface area is 88.5 Å². The minimum Gasteiger partial charge on any atom is -0.323 e. The summed E-state index contributed by atoms with van der Waals surface area (Å²) in [6.45, 7) is 2.06. The fourth-order valence-corrected chi connectivity index (χ4v) is 1.20. The monoisotopic (exact) mass is 212 g/mol. The summed E-state index contributed by atoms with van der Waals surface area (Å²) in [7, 11) is 0. The molecule has 0 saturated carbocycles. The van der Waals surface area contributed by atoms with Crippen LogP contribution in [0.5, 0.6) is 0 Å². The van der Waals surface area contributed by atoms with Crippen molar-refractivity contribution in [3.8, 4) is 0 Å². The summed E-state index contributed by atoms with van der Waals surface area (Å²) in [5, 5.41) is 7.06. The fraction of sp³-hybridized carbons (Fsp3) is 0.667. The van der Waals surface area contributed by atoms with E-state index in [1.165, 1.54) is 6.21 Å². The molecule has 0 spiro atoms. The number of unbranched alkanes of at least 4 members (excludes halogenated alkanes) is 1. The van der Waals surface area contributed by atoms with E-state index in [2.05, 4.69) is 17.3 Å². The van der Waals surface area contributed by atoms with Gasteiger partial charge >= 0.3 is 6.03 Å². The van der Waals surface area contributed by atoms with Gasteiger partial charge in [0.2, 0.25) is 5.91 Å². The van der Waals surface area contributed by atoms with E-state index in [-0.39, 0.29) is 18.5 Å². The number of hydrogen-bond donors (Lipinski definition) is 2. The molecule has 1 rings (SSSR count). The summed E-state index contributed by atoms with van der Waals surface area (Å²) in [5.74, 6) is -0.334. The van der Waals surface area contributed by atoms with Gasteiger partial charge in [-0.25, -0.2) is 9.80 Å². The number of rotatable bonds is 5. The summed E-state index contributed by atoms with van der Waals surface area (Å²) in [5.41, 5.74) is 5.73. The van der Waals surface area contributed by atoms with Gasteiger partial charge in [0, 0.05) is 12.3 Å². The smallest absolute Gasteiger partial charge is 0.323 e. The van der Waals surface area contributed by atoms with Crippen molar-refractivity contribution in [2.75, 3.05) is 6.54 Å². The van der Waals surface area contributed by atoms with E-state index in [0.29, 0.717) is 0 Å². The molecule has 1 atom stereocenters. The van der Waals surface area contributed by atoms with Crippen LogP contribution in [0.4, 0.5) is 4.79 Å². The number of hydrogen-bond acceptors (Lipinski definition) is 4. The lowest BCUT2D eigenvalue weighted by atomic mass is 10.1. The normalized spacial score (nSPS) is 18.7. The zero-order valence-electron chi connectivity index (χ0n) is 8.77. The van der Waals surface area contributed by atoms with Gasteiger partial charge < -0.3 is 5.73 Å². The molecule has 1 fully saturated rings. The highest BCUT2D eigenvalue weighted by Crippen LogP contribution is 2.00. The molecule has 0 radical (unpaired) electrons. The lowest BCUT2D eigenvalue weighted by Gasteiger charge is -2.07. The van der Waals surface area contributed by atoms with E-state index in [1.807, 2.05) is 0 Å². The summed E-state index contributed by atoms with van der Waals surface area (Å²) >= 11 is 0. The molecule has 0 aromatic heterocycles. The van der Waals surface area contributed by atoms with E-state index in [4.69, 9.17) is 5.73 Å². The lowest BCUT2D eigenvalue weighted by Crippen LogP contribution is -2.27. The number of carbonyl (C=O) groups is 2. The molecule has 15 heavy (non-hydrogen) atoms. The maximum Gasteiger partial charge on any atom is 0.344 e. The Balaban J connectivity index is 2.37. The summed E-state index contributed by atoms with van der Waals surface area (Å²) in [6, 6.07) is -0.646. The third-order valence-corrected chi connectivity index (χ3v) is 2.06. The zero-order chi connectivity index (χ0) is 11.3. The van der Waals surface area contributed by atoms with Crippen molar-refractivity contribution >= 4 is 18.2 Å². The fourth-order valence-electron chi connectivity index (χ4n) is 1.20. The Hall–Kier alpha value is -1.43. The first-order chi connectivity index (χ1) is 7.13. The molecule has 3 N–H and O–H groups in total. The average Bonchev–Trinajstić information content (AvgIpc) is 2.51. The number of carbonyl (C=O) groups excluding carboxylic acids is 2. The molecular weight excluding hydrogens is 196 g/mol. The van der Waals surface area contributed by atoms with Crippen molar-refractivity contribution in [3.63, 3.8) is 0 Å². The van der Waals surface area contributed by atoms with Gasteiger partial charge in [-0.2, -0.15) is 5.10 Å². The molecule has 3 amide bonds. The molecule has 0 aromatic rings. The van der Waals surface area contributed by atoms with Crippen molar-refractivity contribution in [1.29, 1.82) is 0 Å². The topological polar surface area (TPSA) is 87.8 Å². The molecule has 84 valence electrons. The van der Waals surface area contributed by atoms with E-state index >= 15 is 0 Å². The number of urea groups is 1. The number of hydrazone groups is 1. The molecule has 6 nitrogen and oxygen atoms in total. The molecule has 1 aliphatic rings. The van der Waals surface area contributed by atoms with Crippen LogP contribution in [0.15, 0.2) is 5.10 Å². The van der Waals surface area contributed by atoms with Gasteiger partial charge in [0.15, 0.2) is 0 Å². The molecule has 0 bridgehead atoms. The van der Waals surface area contributed by atoms with Crippen LogP contribution < -0.4 is 11.1 Å². The minimum atomic E-state index is -0.487. The zero-order valence-corrected chi connectivity index (χ0v) is 8.77. The van der Waals surface area contributed by atoms with Crippen molar-refractivity contribution < 1.29 is 9.59 Å². The predicted octanol–water partition coefficient (Wildman–Crippen LogP) is 0.0415. The lowest BCUT2D eigenvalue weighted by molar-refractivity contribution is -0.118. The van der Waals surface area contributed by atoms with Crippen molar-refractivity contribution in [1.82, 2.24) is 10.3 Å². The molecule has 0 unspecified atom stereocenters. The van der Waals surface area contributed by atoms with Gasteiger partial charge in [-0.05, 0) is 6.42 Å². The van der Waals surface area contributed by atoms with Gasteiger partial charge in [0.25, 0.3) is 0 Å². The first-order valence-corrected chi connectivity index (χ1v) is 5.04. The second kappa shape index (κ2) is 5.45. The molecule has 6 heteroatoms. The Morgan fingerprint density at radius 3 is 2.93 bits per heavy atom. The number of nitrogens with zero attached hydrogens (tertiary/aromatic N) is 2. The molecule has 1 heterocycles. The number of amides is 3. The Bertz CT molecular complexity index is 277. The number of nitrogens with one attached hydrogen (secondary N) is 1. The largest absolute Gasteiger partial charge is 0.344 e. The highest BCUT2D eigenvalue weighted by molar-refractivity contribution is 6.01. The second-order valence-corrected chi connectivity index (χ2v) is 3.48. The Morgan fingerprint density at radius 2 is 2.40 bits per heavy atom. The quantitative estimate of drug-likeness (QED) is 0.498. The van der Waals surface area contributed by atoms with Crippen LogP contribution in [0.1, 0.15) is 26.2 Å². The SMILES string of the molecule is CCCC[C@H](N)/C=N/N1CC(=O)NC1=O. The third-order valence-electron chi connectivity index (χ3n) is 2.06. The Kier molecular flexibility index (Phi) is 4.23. The molecule has 1 saturated heterocycles. The molecular formula is C9H16N4O2. The van der Waals surface area contributed by atoms with Gasteiger partial charge in [-0.1, -0.05) is 19.8 Å². The maximum absolute atomic E-state index is 11.1. The van der Waals surface area contributed by atoms with Gasteiger partial charge in [-0.15, -0.1) is 0 Å². The van der Waals surface area contributed by atoms with E-state index in [9.17, 15) is 9.59 Å². The molecule has 0 aromatic carbocycles. The number of imide groups is 1.